The summed E-state index contributed by atoms with van der Waals surface area (Å²) < 4.78 is 13.0. The number of aryl methyl sites for hydroxylation is 2. The monoisotopic (exact) mass is 411 g/mol. The summed E-state index contributed by atoms with van der Waals surface area (Å²) in [6, 6.07) is 14.9. The van der Waals surface area contributed by atoms with Crippen LogP contribution in [0.2, 0.25) is 0 Å². The highest BCUT2D eigenvalue weighted by molar-refractivity contribution is 8.00. The molecule has 1 heterocycles. The van der Waals surface area contributed by atoms with Gasteiger partial charge in [-0.3, -0.25) is 0 Å². The number of hydrogen-bond acceptors (Lipinski definition) is 3. The van der Waals surface area contributed by atoms with E-state index in [4.69, 9.17) is 0 Å². The van der Waals surface area contributed by atoms with Crippen molar-refractivity contribution in [3.05, 3.63) is 95.0 Å². The number of rotatable bonds is 9. The van der Waals surface area contributed by atoms with Gasteiger partial charge in [-0.1, -0.05) is 36.4 Å². The highest BCUT2D eigenvalue weighted by Gasteiger charge is 2.27. The van der Waals surface area contributed by atoms with E-state index in [1.54, 1.807) is 30.0 Å². The van der Waals surface area contributed by atoms with Crippen molar-refractivity contribution < 1.29 is 14.3 Å². The maximum atomic E-state index is 13.0. The molecule has 0 aromatic heterocycles. The lowest BCUT2D eigenvalue weighted by Gasteiger charge is -2.33. The van der Waals surface area contributed by atoms with Crippen LogP contribution in [-0.2, 0) is 17.6 Å². The second-order valence-electron chi connectivity index (χ2n) is 7.14. The van der Waals surface area contributed by atoms with Crippen molar-refractivity contribution in [2.75, 3.05) is 12.3 Å². The Kier molecular flexibility index (Phi) is 7.53. The molecule has 0 spiro atoms. The zero-order valence-electron chi connectivity index (χ0n) is 16.6. The summed E-state index contributed by atoms with van der Waals surface area (Å²) in [6.45, 7) is 2.87. The van der Waals surface area contributed by atoms with Crippen molar-refractivity contribution in [3.63, 3.8) is 0 Å². The largest absolute Gasteiger partial charge is 0.478 e. The van der Waals surface area contributed by atoms with Crippen LogP contribution in [0, 0.1) is 12.7 Å². The number of aliphatic carboxylic acids is 1. The van der Waals surface area contributed by atoms with Crippen LogP contribution in [-0.4, -0.2) is 33.6 Å². The number of thioether (sulfide) groups is 1. The maximum absolute atomic E-state index is 13.0. The highest BCUT2D eigenvalue weighted by atomic mass is 32.2. The van der Waals surface area contributed by atoms with Gasteiger partial charge < -0.3 is 10.0 Å². The van der Waals surface area contributed by atoms with Crippen LogP contribution in [0.5, 0.6) is 0 Å². The summed E-state index contributed by atoms with van der Waals surface area (Å²) in [5.74, 6) is -0.259. The fourth-order valence-electron chi connectivity index (χ4n) is 3.41. The molecular weight excluding hydrogens is 385 g/mol. The minimum Gasteiger partial charge on any atom is -0.478 e. The molecule has 1 unspecified atom stereocenters. The molecule has 0 saturated heterocycles. The summed E-state index contributed by atoms with van der Waals surface area (Å²) >= 11 is 1.66. The first-order valence-corrected chi connectivity index (χ1v) is 10.9. The van der Waals surface area contributed by atoms with Crippen molar-refractivity contribution in [2.45, 2.75) is 31.6 Å². The fraction of sp³-hybridized carbons (Fsp3) is 0.292. The number of nitrogens with zero attached hydrogens (tertiary/aromatic N) is 1. The lowest BCUT2D eigenvalue weighted by molar-refractivity contribution is -0.133. The molecular formula is C24H26FNO2S. The van der Waals surface area contributed by atoms with E-state index in [9.17, 15) is 14.3 Å². The topological polar surface area (TPSA) is 40.5 Å². The second kappa shape index (κ2) is 10.3. The van der Waals surface area contributed by atoms with E-state index >= 15 is 0 Å². The third kappa shape index (κ3) is 5.97. The van der Waals surface area contributed by atoms with Crippen LogP contribution in [0.1, 0.15) is 23.1 Å². The molecule has 1 aliphatic heterocycles. The van der Waals surface area contributed by atoms with Crippen molar-refractivity contribution in [1.82, 2.24) is 4.90 Å². The Morgan fingerprint density at radius 1 is 1.14 bits per heavy atom. The number of benzene rings is 2. The molecule has 3 rings (SSSR count). The Labute approximate surface area is 175 Å². The number of carboxylic acid groups (broad SMARTS) is 1. The zero-order chi connectivity index (χ0) is 20.6. The van der Waals surface area contributed by atoms with Gasteiger partial charge >= 0.3 is 5.97 Å². The predicted octanol–water partition coefficient (Wildman–Crippen LogP) is 5.21. The summed E-state index contributed by atoms with van der Waals surface area (Å²) in [6.07, 6.45) is 8.14. The summed E-state index contributed by atoms with van der Waals surface area (Å²) in [7, 11) is 0. The summed E-state index contributed by atoms with van der Waals surface area (Å²) in [5.41, 5.74) is 4.06. The first kappa shape index (κ1) is 21.2. The highest BCUT2D eigenvalue weighted by Crippen LogP contribution is 2.28. The van der Waals surface area contributed by atoms with Crippen LogP contribution in [0.3, 0.4) is 0 Å². The minimum absolute atomic E-state index is 0.199. The van der Waals surface area contributed by atoms with Gasteiger partial charge in [0, 0.05) is 12.7 Å². The summed E-state index contributed by atoms with van der Waals surface area (Å²) in [5, 5.41) is 9.44. The Balaban J connectivity index is 1.58. The van der Waals surface area contributed by atoms with Crippen LogP contribution in [0.25, 0.3) is 0 Å². The normalized spacial score (nSPS) is 16.0. The zero-order valence-corrected chi connectivity index (χ0v) is 17.4. The van der Waals surface area contributed by atoms with Gasteiger partial charge in [-0.05, 0) is 72.9 Å². The number of halogens is 1. The Morgan fingerprint density at radius 3 is 2.62 bits per heavy atom. The Bertz CT molecular complexity index is 892. The Morgan fingerprint density at radius 2 is 1.90 bits per heavy atom. The first-order valence-electron chi connectivity index (χ1n) is 9.82. The molecule has 0 saturated carbocycles. The molecule has 1 aliphatic rings. The predicted molar refractivity (Wildman–Crippen MR) is 117 cm³/mol. The third-order valence-corrected chi connectivity index (χ3v) is 6.43. The van der Waals surface area contributed by atoms with E-state index in [0.29, 0.717) is 5.57 Å². The molecule has 0 aliphatic carbocycles. The average molecular weight is 412 g/mol. The van der Waals surface area contributed by atoms with Crippen LogP contribution in [0.4, 0.5) is 4.39 Å². The van der Waals surface area contributed by atoms with Gasteiger partial charge in [-0.2, -0.15) is 0 Å². The van der Waals surface area contributed by atoms with Crippen molar-refractivity contribution >= 4 is 17.7 Å². The van der Waals surface area contributed by atoms with Gasteiger partial charge in [0.2, 0.25) is 0 Å². The fourth-order valence-corrected chi connectivity index (χ4v) is 4.67. The minimum atomic E-state index is -0.869. The average Bonchev–Trinajstić information content (AvgIpc) is 2.72. The van der Waals surface area contributed by atoms with Gasteiger partial charge in [0.05, 0.1) is 5.57 Å². The van der Waals surface area contributed by atoms with Crippen LogP contribution < -0.4 is 0 Å². The first-order chi connectivity index (χ1) is 14.0. The molecule has 1 atom stereocenters. The standard InChI is InChI=1S/C24H26FNO2S/c1-18-6-2-3-8-20(18)14-16-26-15-4-9-22(24(27)28)23(26)29-17-5-7-19-10-12-21(25)13-11-19/h2-4,6,8-13,15,23H,5,7,14,16-17H2,1H3,(H,27,28). The molecule has 0 fully saturated rings. The van der Waals surface area contributed by atoms with Gasteiger partial charge in [0.15, 0.2) is 0 Å². The lowest BCUT2D eigenvalue weighted by Crippen LogP contribution is -2.36. The van der Waals surface area contributed by atoms with E-state index < -0.39 is 5.97 Å². The van der Waals surface area contributed by atoms with Crippen LogP contribution >= 0.6 is 11.8 Å². The summed E-state index contributed by atoms with van der Waals surface area (Å²) in [4.78, 5) is 13.9. The molecule has 1 N–H and O–H groups in total. The molecule has 0 amide bonds. The number of carboxylic acids is 1. The van der Waals surface area contributed by atoms with Gasteiger partial charge in [0.25, 0.3) is 0 Å². The molecule has 0 radical (unpaired) electrons. The molecule has 2 aromatic carbocycles. The number of carbonyl (C=O) groups is 1. The van der Waals surface area contributed by atoms with Gasteiger partial charge in [0.1, 0.15) is 11.2 Å². The number of allylic oxidation sites excluding steroid dienone is 2. The molecule has 29 heavy (non-hydrogen) atoms. The van der Waals surface area contributed by atoms with E-state index in [1.807, 2.05) is 24.4 Å². The second-order valence-corrected chi connectivity index (χ2v) is 8.32. The third-order valence-electron chi connectivity index (χ3n) is 5.07. The van der Waals surface area contributed by atoms with E-state index in [1.165, 1.54) is 23.3 Å². The lowest BCUT2D eigenvalue weighted by atomic mass is 10.1. The van der Waals surface area contributed by atoms with Crippen molar-refractivity contribution in [3.8, 4) is 0 Å². The van der Waals surface area contributed by atoms with Gasteiger partial charge in [-0.25, -0.2) is 9.18 Å². The SMILES string of the molecule is Cc1ccccc1CCN1C=CC=C(C(=O)O)C1SCCCc1ccc(F)cc1. The van der Waals surface area contributed by atoms with E-state index in [-0.39, 0.29) is 11.2 Å². The van der Waals surface area contributed by atoms with Gasteiger partial charge in [-0.15, -0.1) is 11.8 Å². The van der Waals surface area contributed by atoms with E-state index in [2.05, 4.69) is 24.0 Å². The molecule has 152 valence electrons. The van der Waals surface area contributed by atoms with Crippen molar-refractivity contribution in [2.24, 2.45) is 0 Å². The maximum Gasteiger partial charge on any atom is 0.334 e. The smallest absolute Gasteiger partial charge is 0.334 e. The molecule has 3 nitrogen and oxygen atoms in total. The van der Waals surface area contributed by atoms with Crippen molar-refractivity contribution in [1.29, 1.82) is 0 Å². The quantitative estimate of drug-likeness (QED) is 0.575. The Hall–Kier alpha value is -2.53. The van der Waals surface area contributed by atoms with E-state index in [0.717, 1.165) is 37.1 Å². The van der Waals surface area contributed by atoms with Crippen LogP contribution in [0.15, 0.2) is 72.5 Å². The number of hydrogen-bond donors (Lipinski definition) is 1. The molecule has 5 heteroatoms. The molecule has 2 aromatic rings. The molecule has 0 bridgehead atoms.